The summed E-state index contributed by atoms with van der Waals surface area (Å²) in [7, 11) is 1.89. The van der Waals surface area contributed by atoms with Gasteiger partial charge in [0.1, 0.15) is 0 Å². The number of ether oxygens (including phenoxy) is 1. The summed E-state index contributed by atoms with van der Waals surface area (Å²) in [5, 5.41) is 10.3. The molecule has 0 saturated carbocycles. The third-order valence-electron chi connectivity index (χ3n) is 5.73. The minimum absolute atomic E-state index is 0.00343. The first-order chi connectivity index (χ1) is 13.5. The van der Waals surface area contributed by atoms with Crippen molar-refractivity contribution in [2.45, 2.75) is 51.1 Å². The highest BCUT2D eigenvalue weighted by molar-refractivity contribution is 5.79. The molecule has 2 fully saturated rings. The van der Waals surface area contributed by atoms with E-state index in [4.69, 9.17) is 4.74 Å². The first-order valence-electron chi connectivity index (χ1n) is 10.4. The minimum Gasteiger partial charge on any atom is -0.381 e. The second-order valence-electron chi connectivity index (χ2n) is 8.03. The minimum atomic E-state index is -0.0458. The van der Waals surface area contributed by atoms with Gasteiger partial charge in [-0.2, -0.15) is 5.10 Å². The highest BCUT2D eigenvalue weighted by Gasteiger charge is 2.32. The lowest BCUT2D eigenvalue weighted by Crippen LogP contribution is -2.48. The van der Waals surface area contributed by atoms with E-state index in [0.29, 0.717) is 12.6 Å². The van der Waals surface area contributed by atoms with Gasteiger partial charge in [-0.05, 0) is 37.7 Å². The van der Waals surface area contributed by atoms with Crippen molar-refractivity contribution in [3.8, 4) is 0 Å². The van der Waals surface area contributed by atoms with Crippen LogP contribution in [0.1, 0.15) is 38.2 Å². The van der Waals surface area contributed by atoms with Gasteiger partial charge in [-0.1, -0.05) is 0 Å². The molecule has 2 amide bonds. The third-order valence-corrected chi connectivity index (χ3v) is 5.73. The average Bonchev–Trinajstić information content (AvgIpc) is 2.97. The molecule has 1 aromatic heterocycles. The normalized spacial score (nSPS) is 24.5. The Morgan fingerprint density at radius 1 is 1.21 bits per heavy atom. The molecule has 2 atom stereocenters. The Kier molecular flexibility index (Phi) is 7.44. The summed E-state index contributed by atoms with van der Waals surface area (Å²) in [6.07, 6.45) is 8.20. The second kappa shape index (κ2) is 10.0. The molecular weight excluding hydrogens is 358 g/mol. The van der Waals surface area contributed by atoms with Crippen molar-refractivity contribution in [1.82, 2.24) is 25.3 Å². The number of carbonyl (C=O) groups excluding carboxylic acids is 2. The largest absolute Gasteiger partial charge is 0.381 e. The van der Waals surface area contributed by atoms with E-state index >= 15 is 0 Å². The van der Waals surface area contributed by atoms with Crippen LogP contribution in [0.3, 0.4) is 0 Å². The molecule has 0 unspecified atom stereocenters. The molecule has 2 saturated heterocycles. The Hall–Kier alpha value is -1.93. The van der Waals surface area contributed by atoms with E-state index in [1.807, 2.05) is 19.4 Å². The van der Waals surface area contributed by atoms with E-state index < -0.39 is 0 Å². The molecule has 28 heavy (non-hydrogen) atoms. The number of nitrogens with one attached hydrogen (secondary N) is 2. The van der Waals surface area contributed by atoms with Gasteiger partial charge in [0, 0.05) is 65.1 Å². The average molecular weight is 392 g/mol. The molecule has 0 bridgehead atoms. The summed E-state index contributed by atoms with van der Waals surface area (Å²) >= 11 is 0. The van der Waals surface area contributed by atoms with E-state index in [1.165, 1.54) is 0 Å². The fourth-order valence-corrected chi connectivity index (χ4v) is 4.27. The van der Waals surface area contributed by atoms with E-state index in [1.54, 1.807) is 11.6 Å². The molecule has 2 aliphatic rings. The summed E-state index contributed by atoms with van der Waals surface area (Å²) in [4.78, 5) is 26.8. The van der Waals surface area contributed by atoms with E-state index in [-0.39, 0.29) is 23.8 Å². The van der Waals surface area contributed by atoms with Crippen molar-refractivity contribution >= 4 is 11.8 Å². The maximum atomic E-state index is 12.8. The molecule has 2 N–H and O–H groups in total. The molecule has 0 spiro atoms. The SMILES string of the molecule is CC(=O)N[C@H]1CC[C@@H](C(=O)NCCc2cnn(C)c2)CN(C2CCOCC2)C1. The van der Waals surface area contributed by atoms with Crippen LogP contribution < -0.4 is 10.6 Å². The summed E-state index contributed by atoms with van der Waals surface area (Å²) in [5.74, 6) is 0.0659. The second-order valence-corrected chi connectivity index (χ2v) is 8.03. The van der Waals surface area contributed by atoms with Gasteiger partial charge in [-0.3, -0.25) is 19.2 Å². The van der Waals surface area contributed by atoms with Gasteiger partial charge < -0.3 is 15.4 Å². The third kappa shape index (κ3) is 6.04. The molecule has 0 aliphatic carbocycles. The van der Waals surface area contributed by atoms with Gasteiger partial charge in [-0.25, -0.2) is 0 Å². The molecule has 156 valence electrons. The van der Waals surface area contributed by atoms with Gasteiger partial charge >= 0.3 is 0 Å². The van der Waals surface area contributed by atoms with Crippen molar-refractivity contribution in [2.24, 2.45) is 13.0 Å². The maximum Gasteiger partial charge on any atom is 0.224 e. The zero-order valence-corrected chi connectivity index (χ0v) is 17.0. The molecule has 0 radical (unpaired) electrons. The molecule has 3 rings (SSSR count). The Balaban J connectivity index is 1.57. The van der Waals surface area contributed by atoms with Crippen LogP contribution in [0.25, 0.3) is 0 Å². The Labute approximate surface area is 167 Å². The van der Waals surface area contributed by atoms with Crippen LogP contribution in [0.5, 0.6) is 0 Å². The molecule has 2 aliphatic heterocycles. The Morgan fingerprint density at radius 3 is 2.68 bits per heavy atom. The van der Waals surface area contributed by atoms with Crippen molar-refractivity contribution in [3.05, 3.63) is 18.0 Å². The fraction of sp³-hybridized carbons (Fsp3) is 0.750. The first-order valence-corrected chi connectivity index (χ1v) is 10.4. The maximum absolute atomic E-state index is 12.8. The van der Waals surface area contributed by atoms with Crippen LogP contribution in [0.2, 0.25) is 0 Å². The number of nitrogens with zero attached hydrogens (tertiary/aromatic N) is 3. The summed E-state index contributed by atoms with van der Waals surface area (Å²) in [6.45, 7) is 5.28. The Morgan fingerprint density at radius 2 is 2.00 bits per heavy atom. The van der Waals surface area contributed by atoms with Crippen LogP contribution in [-0.2, 0) is 27.8 Å². The number of aromatic nitrogens is 2. The number of carbonyl (C=O) groups is 2. The molecule has 8 heteroatoms. The fourth-order valence-electron chi connectivity index (χ4n) is 4.27. The monoisotopic (exact) mass is 391 g/mol. The van der Waals surface area contributed by atoms with Crippen molar-refractivity contribution in [2.75, 3.05) is 32.8 Å². The van der Waals surface area contributed by atoms with Gasteiger partial charge in [-0.15, -0.1) is 0 Å². The lowest BCUT2D eigenvalue weighted by molar-refractivity contribution is -0.126. The number of hydrogen-bond acceptors (Lipinski definition) is 5. The van der Waals surface area contributed by atoms with Crippen LogP contribution in [0.4, 0.5) is 0 Å². The zero-order valence-electron chi connectivity index (χ0n) is 17.0. The van der Waals surface area contributed by atoms with Gasteiger partial charge in [0.15, 0.2) is 0 Å². The van der Waals surface area contributed by atoms with Gasteiger partial charge in [0.05, 0.1) is 12.1 Å². The lowest BCUT2D eigenvalue weighted by Gasteiger charge is -2.36. The van der Waals surface area contributed by atoms with Crippen LogP contribution in [0.15, 0.2) is 12.4 Å². The summed E-state index contributed by atoms with van der Waals surface area (Å²) < 4.78 is 7.28. The summed E-state index contributed by atoms with van der Waals surface area (Å²) in [6, 6.07) is 0.530. The standard InChI is InChI=1S/C20H33N5O3/c1-15(26)23-18-4-3-17(13-25(14-18)19-6-9-28-10-7-19)20(27)21-8-5-16-11-22-24(2)12-16/h11-12,17-19H,3-10,13-14H2,1-2H3,(H,21,27)(H,23,26)/t17-,18+/m1/s1. The van der Waals surface area contributed by atoms with E-state index in [9.17, 15) is 9.59 Å². The van der Waals surface area contributed by atoms with Crippen molar-refractivity contribution in [1.29, 1.82) is 0 Å². The topological polar surface area (TPSA) is 88.5 Å². The molecule has 3 heterocycles. The lowest BCUT2D eigenvalue weighted by atomic mass is 10.00. The van der Waals surface area contributed by atoms with Crippen LogP contribution in [-0.4, -0.2) is 71.4 Å². The van der Waals surface area contributed by atoms with Gasteiger partial charge in [0.25, 0.3) is 0 Å². The number of hydrogen-bond donors (Lipinski definition) is 2. The summed E-state index contributed by atoms with van der Waals surface area (Å²) in [5.41, 5.74) is 1.12. The number of amides is 2. The van der Waals surface area contributed by atoms with Crippen molar-refractivity contribution < 1.29 is 14.3 Å². The predicted octanol–water partition coefficient (Wildman–Crippen LogP) is 0.475. The predicted molar refractivity (Wildman–Crippen MR) is 106 cm³/mol. The van der Waals surface area contributed by atoms with Crippen molar-refractivity contribution in [3.63, 3.8) is 0 Å². The van der Waals surface area contributed by atoms with Crippen LogP contribution in [0, 0.1) is 5.92 Å². The van der Waals surface area contributed by atoms with E-state index in [0.717, 1.165) is 64.0 Å². The zero-order chi connectivity index (χ0) is 19.9. The highest BCUT2D eigenvalue weighted by atomic mass is 16.5. The smallest absolute Gasteiger partial charge is 0.224 e. The van der Waals surface area contributed by atoms with Crippen LogP contribution >= 0.6 is 0 Å². The molecule has 0 aromatic carbocycles. The number of rotatable bonds is 6. The molecular formula is C20H33N5O3. The molecule has 1 aromatic rings. The van der Waals surface area contributed by atoms with E-state index in [2.05, 4.69) is 20.6 Å². The Bertz CT molecular complexity index is 656. The quantitative estimate of drug-likeness (QED) is 0.736. The number of likely N-dealkylation sites (tertiary alicyclic amines) is 1. The molecule has 8 nitrogen and oxygen atoms in total. The first kappa shape index (κ1) is 20.8. The van der Waals surface area contributed by atoms with Gasteiger partial charge in [0.2, 0.25) is 11.8 Å². The highest BCUT2D eigenvalue weighted by Crippen LogP contribution is 2.23. The number of aryl methyl sites for hydroxylation is 1.